The molecule has 0 aliphatic carbocycles. The van der Waals surface area contributed by atoms with Crippen molar-refractivity contribution in [2.75, 3.05) is 19.8 Å². The third-order valence-corrected chi connectivity index (χ3v) is 4.68. The molecule has 0 saturated carbocycles. The van der Waals surface area contributed by atoms with Crippen molar-refractivity contribution in [2.24, 2.45) is 11.5 Å². The van der Waals surface area contributed by atoms with Crippen LogP contribution in [0.3, 0.4) is 0 Å². The molecular weight excluding hydrogens is 379 g/mol. The van der Waals surface area contributed by atoms with Crippen LogP contribution in [0.15, 0.2) is 12.2 Å². The molecule has 0 fully saturated rings. The van der Waals surface area contributed by atoms with Gasteiger partial charge >= 0.3 is 8.25 Å². The van der Waals surface area contributed by atoms with Crippen LogP contribution in [0.1, 0.15) is 84.0 Å². The minimum Gasteiger partial charge on any atom is -0.395 e. The largest absolute Gasteiger partial charge is 0.694 e. The molecule has 0 rings (SSSR count). The maximum Gasteiger partial charge on any atom is 0.694 e. The smallest absolute Gasteiger partial charge is 0.395 e. The van der Waals surface area contributed by atoms with E-state index in [0.717, 1.165) is 6.42 Å². The number of rotatable bonds is 18. The topological polar surface area (TPSA) is 139 Å². The second kappa shape index (κ2) is 24.6. The Morgan fingerprint density at radius 3 is 1.89 bits per heavy atom. The summed E-state index contributed by atoms with van der Waals surface area (Å²) in [5, 5.41) is 18.3. The molecule has 0 aromatic carbocycles. The molecule has 3 atom stereocenters. The predicted molar refractivity (Wildman–Crippen MR) is 116 cm³/mol. The third kappa shape index (κ3) is 25.6. The van der Waals surface area contributed by atoms with Gasteiger partial charge < -0.3 is 21.7 Å². The highest BCUT2D eigenvalue weighted by molar-refractivity contribution is 7.32. The Morgan fingerprint density at radius 1 is 1.00 bits per heavy atom. The van der Waals surface area contributed by atoms with Crippen LogP contribution in [0.25, 0.3) is 0 Å². The van der Waals surface area contributed by atoms with Gasteiger partial charge in [-0.15, -0.1) is 9.42 Å². The van der Waals surface area contributed by atoms with Gasteiger partial charge in [0.05, 0.1) is 18.8 Å². The first-order valence-corrected chi connectivity index (χ1v) is 11.8. The van der Waals surface area contributed by atoms with Gasteiger partial charge in [0.1, 0.15) is 6.61 Å². The van der Waals surface area contributed by atoms with E-state index in [1.54, 1.807) is 6.08 Å². The fourth-order valence-electron chi connectivity index (χ4n) is 2.54. The highest BCUT2D eigenvalue weighted by Gasteiger charge is 2.09. The monoisotopic (exact) mass is 423 g/mol. The number of nitrogens with two attached hydrogens (primary N) is 2. The fourth-order valence-corrected chi connectivity index (χ4v) is 2.81. The average molecular weight is 424 g/mol. The van der Waals surface area contributed by atoms with E-state index in [0.29, 0.717) is 0 Å². The molecule has 0 aliphatic rings. The van der Waals surface area contributed by atoms with E-state index >= 15 is 0 Å². The Morgan fingerprint density at radius 2 is 1.50 bits per heavy atom. The number of hydrogen-bond acceptors (Lipinski definition) is 6. The molecule has 0 aliphatic heterocycles. The average Bonchev–Trinajstić information content (AvgIpc) is 2.69. The Bertz CT molecular complexity index is 359. The molecule has 0 aromatic heterocycles. The molecule has 0 saturated heterocycles. The molecule has 7 nitrogen and oxygen atoms in total. The van der Waals surface area contributed by atoms with Crippen LogP contribution in [-0.2, 0) is 9.09 Å². The highest BCUT2D eigenvalue weighted by Crippen LogP contribution is 2.12. The predicted octanol–water partition coefficient (Wildman–Crippen LogP) is 3.54. The summed E-state index contributed by atoms with van der Waals surface area (Å²) < 4.78 is 13.8. The van der Waals surface area contributed by atoms with Crippen molar-refractivity contribution in [3.05, 3.63) is 12.2 Å². The number of unbranched alkanes of at least 4 members (excludes halogenated alkanes) is 11. The van der Waals surface area contributed by atoms with Crippen molar-refractivity contribution in [3.8, 4) is 0 Å². The van der Waals surface area contributed by atoms with Gasteiger partial charge in [0.25, 0.3) is 0 Å². The normalized spacial score (nSPS) is 13.9. The van der Waals surface area contributed by atoms with Crippen LogP contribution in [0.4, 0.5) is 0 Å². The van der Waals surface area contributed by atoms with Crippen LogP contribution in [-0.4, -0.2) is 47.0 Å². The molecule has 0 spiro atoms. The van der Waals surface area contributed by atoms with E-state index in [1.165, 1.54) is 70.6 Å². The Hall–Kier alpha value is -0.400. The van der Waals surface area contributed by atoms with Crippen LogP contribution in [0, 0.1) is 0 Å². The molecule has 0 amide bonds. The summed E-state index contributed by atoms with van der Waals surface area (Å²) in [6.45, 7) is 2.51. The molecule has 0 heterocycles. The number of aliphatic hydroxyl groups excluding tert-OH is 2. The quantitative estimate of drug-likeness (QED) is 0.129. The lowest BCUT2D eigenvalue weighted by Crippen LogP contribution is -2.36. The van der Waals surface area contributed by atoms with E-state index < -0.39 is 20.4 Å². The maximum absolute atomic E-state index is 9.63. The summed E-state index contributed by atoms with van der Waals surface area (Å²) in [5.74, 6) is 0. The van der Waals surface area contributed by atoms with Gasteiger partial charge in [-0.05, 0) is 12.8 Å². The lowest BCUT2D eigenvalue weighted by Gasteiger charge is -2.11. The second-order valence-electron chi connectivity index (χ2n) is 6.95. The zero-order valence-electron chi connectivity index (χ0n) is 17.7. The van der Waals surface area contributed by atoms with Crippen molar-refractivity contribution in [1.82, 2.24) is 0 Å². The van der Waals surface area contributed by atoms with Crippen molar-refractivity contribution in [1.29, 1.82) is 0 Å². The van der Waals surface area contributed by atoms with Crippen molar-refractivity contribution in [2.45, 2.75) is 96.1 Å². The van der Waals surface area contributed by atoms with Gasteiger partial charge in [0.2, 0.25) is 0 Å². The molecule has 0 bridgehead atoms. The fraction of sp³-hybridized carbons (Fsp3) is 0.900. The molecular formula is C20H44N2O5P+. The summed E-state index contributed by atoms with van der Waals surface area (Å²) >= 11 is 0. The second-order valence-corrected chi connectivity index (χ2v) is 7.68. The molecule has 168 valence electrons. The Balaban J connectivity index is 0. The van der Waals surface area contributed by atoms with Gasteiger partial charge in [-0.2, -0.15) is 0 Å². The van der Waals surface area contributed by atoms with Gasteiger partial charge in [0.15, 0.2) is 0 Å². The Kier molecular flexibility index (Phi) is 26.2. The van der Waals surface area contributed by atoms with E-state index in [2.05, 4.69) is 11.4 Å². The summed E-state index contributed by atoms with van der Waals surface area (Å²) in [4.78, 5) is 7.91. The number of aliphatic hydroxyl groups is 2. The maximum atomic E-state index is 9.63. The number of hydrogen-bond donors (Lipinski definition) is 5. The standard InChI is InChI=1S/C18H37NO2.C2H6NO3P/c1-2-3-4-5-6-7-8-9-10-11-12-13-14-15-18(21)17(19)16-20;3-1-2-6-7(4)5/h14-15,17-18,20-21H,2-13,16,19H2,1H3;1-3H2/p+1/b15-14+;. The lowest BCUT2D eigenvalue weighted by molar-refractivity contribution is 0.144. The first-order valence-electron chi connectivity index (χ1n) is 10.7. The first kappa shape index (κ1) is 29.8. The van der Waals surface area contributed by atoms with E-state index in [-0.39, 0.29) is 19.8 Å². The van der Waals surface area contributed by atoms with Gasteiger partial charge in [-0.3, -0.25) is 0 Å². The van der Waals surface area contributed by atoms with Gasteiger partial charge in [-0.25, -0.2) is 0 Å². The molecule has 7 N–H and O–H groups in total. The summed E-state index contributed by atoms with van der Waals surface area (Å²) in [6.07, 6.45) is 18.8. The van der Waals surface area contributed by atoms with E-state index in [1.807, 2.05) is 6.08 Å². The van der Waals surface area contributed by atoms with E-state index in [9.17, 15) is 9.67 Å². The van der Waals surface area contributed by atoms with Crippen LogP contribution < -0.4 is 11.5 Å². The van der Waals surface area contributed by atoms with Crippen LogP contribution in [0.5, 0.6) is 0 Å². The van der Waals surface area contributed by atoms with Crippen molar-refractivity contribution >= 4 is 8.25 Å². The SMILES string of the molecule is CCCCCCCCCCCCC/C=C/C(O)C(N)CO.NCCO[P+](=O)O. The molecule has 8 heteroatoms. The molecule has 0 radical (unpaired) electrons. The summed E-state index contributed by atoms with van der Waals surface area (Å²) in [5.41, 5.74) is 10.4. The van der Waals surface area contributed by atoms with Crippen molar-refractivity contribution in [3.63, 3.8) is 0 Å². The minimum absolute atomic E-state index is 0.145. The first-order chi connectivity index (χ1) is 13.5. The highest BCUT2D eigenvalue weighted by atomic mass is 31.1. The molecule has 0 aromatic rings. The third-order valence-electron chi connectivity index (χ3n) is 4.28. The zero-order chi connectivity index (χ0) is 21.5. The van der Waals surface area contributed by atoms with Gasteiger partial charge in [0, 0.05) is 11.1 Å². The van der Waals surface area contributed by atoms with Crippen molar-refractivity contribution < 1.29 is 24.2 Å². The van der Waals surface area contributed by atoms with E-state index in [4.69, 9.17) is 21.5 Å². The zero-order valence-corrected chi connectivity index (χ0v) is 18.6. The summed E-state index contributed by atoms with van der Waals surface area (Å²) in [6, 6.07) is -0.557. The van der Waals surface area contributed by atoms with Crippen LogP contribution >= 0.6 is 8.25 Å². The molecule has 28 heavy (non-hydrogen) atoms. The Labute approximate surface area is 172 Å². The minimum atomic E-state index is -2.44. The summed E-state index contributed by atoms with van der Waals surface area (Å²) in [7, 11) is -2.44. The molecule has 3 unspecified atom stereocenters. The van der Waals surface area contributed by atoms with Crippen LogP contribution in [0.2, 0.25) is 0 Å². The number of allylic oxidation sites excluding steroid dienone is 1. The van der Waals surface area contributed by atoms with Gasteiger partial charge in [-0.1, -0.05) is 83.3 Å². The lowest BCUT2D eigenvalue weighted by atomic mass is 10.0.